The summed E-state index contributed by atoms with van der Waals surface area (Å²) in [5, 5.41) is 14.8. The fourth-order valence-electron chi connectivity index (χ4n) is 2.07. The van der Waals surface area contributed by atoms with E-state index >= 15 is 0 Å². The predicted molar refractivity (Wildman–Crippen MR) is 89.6 cm³/mol. The summed E-state index contributed by atoms with van der Waals surface area (Å²) in [7, 11) is 0. The average molecular weight is 297 g/mol. The van der Waals surface area contributed by atoms with Crippen molar-refractivity contribution in [3.63, 3.8) is 0 Å². The number of nitrogens with one attached hydrogen (secondary N) is 3. The number of nitrogens with zero attached hydrogens (tertiary/aromatic N) is 2. The minimum Gasteiger partial charge on any atom is -0.332 e. The number of aryl methyl sites for hydroxylation is 2. The van der Waals surface area contributed by atoms with Gasteiger partial charge in [-0.2, -0.15) is 5.10 Å². The van der Waals surface area contributed by atoms with Crippen LogP contribution in [0.3, 0.4) is 0 Å². The second-order valence-corrected chi connectivity index (χ2v) is 5.22. The van der Waals surface area contributed by atoms with E-state index in [9.17, 15) is 0 Å². The molecule has 106 valence electrons. The Morgan fingerprint density at radius 2 is 1.90 bits per heavy atom. The standard InChI is InChI=1S/C15H15N5S/c1-9-5-3-4-6-12(9)17-15(21)18-14-11-8-7-10(2)16-13(11)19-20-14/h3-8H,1-2H3,(H3,16,17,18,19,20,21). The first-order valence-electron chi connectivity index (χ1n) is 6.59. The smallest absolute Gasteiger partial charge is 0.176 e. The summed E-state index contributed by atoms with van der Waals surface area (Å²) in [6.45, 7) is 3.97. The lowest BCUT2D eigenvalue weighted by atomic mass is 10.2. The molecule has 0 bridgehead atoms. The second-order valence-electron chi connectivity index (χ2n) is 4.82. The molecule has 0 fully saturated rings. The van der Waals surface area contributed by atoms with Gasteiger partial charge in [0.25, 0.3) is 0 Å². The van der Waals surface area contributed by atoms with Gasteiger partial charge >= 0.3 is 0 Å². The van der Waals surface area contributed by atoms with Crippen LogP contribution in [0, 0.1) is 13.8 Å². The number of benzene rings is 1. The molecule has 2 heterocycles. The Morgan fingerprint density at radius 1 is 1.10 bits per heavy atom. The molecule has 21 heavy (non-hydrogen) atoms. The molecule has 5 nitrogen and oxygen atoms in total. The maximum Gasteiger partial charge on any atom is 0.176 e. The lowest BCUT2D eigenvalue weighted by molar-refractivity contribution is 1.09. The number of anilines is 2. The lowest BCUT2D eigenvalue weighted by Gasteiger charge is -2.10. The number of aromatic nitrogens is 3. The topological polar surface area (TPSA) is 65.6 Å². The maximum absolute atomic E-state index is 5.34. The van der Waals surface area contributed by atoms with E-state index in [2.05, 4.69) is 25.8 Å². The molecular weight excluding hydrogens is 282 g/mol. The van der Waals surface area contributed by atoms with Gasteiger partial charge in [0.15, 0.2) is 16.6 Å². The van der Waals surface area contributed by atoms with Gasteiger partial charge in [0.05, 0.1) is 5.39 Å². The number of H-pyrrole nitrogens is 1. The Bertz CT molecular complexity index is 809. The van der Waals surface area contributed by atoms with Gasteiger partial charge in [-0.05, 0) is 49.8 Å². The zero-order valence-electron chi connectivity index (χ0n) is 11.8. The van der Waals surface area contributed by atoms with E-state index in [4.69, 9.17) is 12.2 Å². The van der Waals surface area contributed by atoms with Crippen molar-refractivity contribution in [2.75, 3.05) is 10.6 Å². The van der Waals surface area contributed by atoms with Gasteiger partial charge in [-0.3, -0.25) is 5.10 Å². The molecule has 2 aromatic heterocycles. The number of hydrogen-bond donors (Lipinski definition) is 3. The molecule has 0 saturated heterocycles. The van der Waals surface area contributed by atoms with Crippen LogP contribution in [-0.4, -0.2) is 20.3 Å². The van der Waals surface area contributed by atoms with Crippen LogP contribution in [0.1, 0.15) is 11.3 Å². The molecule has 0 aliphatic heterocycles. The van der Waals surface area contributed by atoms with Gasteiger partial charge in [-0.1, -0.05) is 18.2 Å². The fraction of sp³-hybridized carbons (Fsp3) is 0.133. The number of thiocarbonyl (C=S) groups is 1. The van der Waals surface area contributed by atoms with Crippen molar-refractivity contribution in [2.45, 2.75) is 13.8 Å². The van der Waals surface area contributed by atoms with Crippen molar-refractivity contribution < 1.29 is 0 Å². The number of aromatic amines is 1. The third-order valence-electron chi connectivity index (χ3n) is 3.19. The van der Waals surface area contributed by atoms with Gasteiger partial charge in [0.1, 0.15) is 0 Å². The van der Waals surface area contributed by atoms with E-state index in [-0.39, 0.29) is 0 Å². The summed E-state index contributed by atoms with van der Waals surface area (Å²) in [4.78, 5) is 4.38. The van der Waals surface area contributed by atoms with Crippen LogP contribution in [0.5, 0.6) is 0 Å². The van der Waals surface area contributed by atoms with Crippen molar-refractivity contribution in [1.82, 2.24) is 15.2 Å². The van der Waals surface area contributed by atoms with Crippen molar-refractivity contribution in [3.05, 3.63) is 47.7 Å². The van der Waals surface area contributed by atoms with Gasteiger partial charge in [0, 0.05) is 11.4 Å². The van der Waals surface area contributed by atoms with Crippen LogP contribution in [-0.2, 0) is 0 Å². The minimum atomic E-state index is 0.498. The molecule has 3 N–H and O–H groups in total. The van der Waals surface area contributed by atoms with Crippen LogP contribution >= 0.6 is 12.2 Å². The molecule has 0 aliphatic carbocycles. The van der Waals surface area contributed by atoms with Crippen molar-refractivity contribution in [1.29, 1.82) is 0 Å². The molecular formula is C15H15N5S. The van der Waals surface area contributed by atoms with E-state index < -0.39 is 0 Å². The fourth-order valence-corrected chi connectivity index (χ4v) is 2.28. The first-order chi connectivity index (χ1) is 10.1. The van der Waals surface area contributed by atoms with E-state index in [0.717, 1.165) is 28.0 Å². The SMILES string of the molecule is Cc1ccc2c(NC(=S)Nc3ccccc3C)n[nH]c2n1. The molecule has 0 atom stereocenters. The zero-order chi connectivity index (χ0) is 14.8. The maximum atomic E-state index is 5.34. The Balaban J connectivity index is 1.79. The summed E-state index contributed by atoms with van der Waals surface area (Å²) in [6, 6.07) is 11.9. The van der Waals surface area contributed by atoms with E-state index in [1.165, 1.54) is 0 Å². The van der Waals surface area contributed by atoms with E-state index in [1.54, 1.807) is 0 Å². The molecule has 0 spiro atoms. The van der Waals surface area contributed by atoms with Gasteiger partial charge < -0.3 is 10.6 Å². The Kier molecular flexibility index (Phi) is 3.53. The molecule has 3 aromatic rings. The van der Waals surface area contributed by atoms with Crippen LogP contribution in [0.4, 0.5) is 11.5 Å². The van der Waals surface area contributed by atoms with Crippen molar-refractivity contribution in [3.8, 4) is 0 Å². The number of pyridine rings is 1. The molecule has 0 saturated carbocycles. The molecule has 3 rings (SSSR count). The van der Waals surface area contributed by atoms with Crippen LogP contribution in [0.2, 0.25) is 0 Å². The highest BCUT2D eigenvalue weighted by Crippen LogP contribution is 2.19. The highest BCUT2D eigenvalue weighted by molar-refractivity contribution is 7.80. The minimum absolute atomic E-state index is 0.498. The van der Waals surface area contributed by atoms with E-state index in [0.29, 0.717) is 10.9 Å². The van der Waals surface area contributed by atoms with Crippen LogP contribution < -0.4 is 10.6 Å². The number of hydrogen-bond acceptors (Lipinski definition) is 3. The monoisotopic (exact) mass is 297 g/mol. The third kappa shape index (κ3) is 2.85. The molecule has 0 amide bonds. The Hall–Kier alpha value is -2.47. The molecule has 1 aromatic carbocycles. The number of para-hydroxylation sites is 1. The Labute approximate surface area is 127 Å². The van der Waals surface area contributed by atoms with Gasteiger partial charge in [0.2, 0.25) is 0 Å². The summed E-state index contributed by atoms with van der Waals surface area (Å²) < 4.78 is 0. The lowest BCUT2D eigenvalue weighted by Crippen LogP contribution is -2.19. The summed E-state index contributed by atoms with van der Waals surface area (Å²) in [5.74, 6) is 0.670. The van der Waals surface area contributed by atoms with E-state index in [1.807, 2.05) is 50.2 Å². The normalized spacial score (nSPS) is 10.6. The summed E-state index contributed by atoms with van der Waals surface area (Å²) >= 11 is 5.34. The predicted octanol–water partition coefficient (Wildman–Crippen LogP) is 3.38. The third-order valence-corrected chi connectivity index (χ3v) is 3.39. The van der Waals surface area contributed by atoms with Crippen LogP contribution in [0.25, 0.3) is 11.0 Å². The first-order valence-corrected chi connectivity index (χ1v) is 6.99. The van der Waals surface area contributed by atoms with Crippen molar-refractivity contribution >= 4 is 39.9 Å². The number of rotatable bonds is 2. The summed E-state index contributed by atoms with van der Waals surface area (Å²) in [5.41, 5.74) is 3.80. The summed E-state index contributed by atoms with van der Waals surface area (Å²) in [6.07, 6.45) is 0. The van der Waals surface area contributed by atoms with Gasteiger partial charge in [-0.25, -0.2) is 4.98 Å². The van der Waals surface area contributed by atoms with Crippen molar-refractivity contribution in [2.24, 2.45) is 0 Å². The quantitative estimate of drug-likeness (QED) is 0.633. The molecule has 6 heteroatoms. The molecule has 0 radical (unpaired) electrons. The highest BCUT2D eigenvalue weighted by Gasteiger charge is 2.08. The Morgan fingerprint density at radius 3 is 2.71 bits per heavy atom. The second kappa shape index (κ2) is 5.49. The zero-order valence-corrected chi connectivity index (χ0v) is 12.6. The molecule has 0 unspecified atom stereocenters. The van der Waals surface area contributed by atoms with Crippen LogP contribution in [0.15, 0.2) is 36.4 Å². The molecule has 0 aliphatic rings. The first kappa shape index (κ1) is 13.5. The highest BCUT2D eigenvalue weighted by atomic mass is 32.1. The van der Waals surface area contributed by atoms with Gasteiger partial charge in [-0.15, -0.1) is 0 Å². The number of fused-ring (bicyclic) bond motifs is 1. The largest absolute Gasteiger partial charge is 0.332 e. The average Bonchev–Trinajstić information content (AvgIpc) is 2.83.